The van der Waals surface area contributed by atoms with Crippen molar-refractivity contribution in [2.45, 2.75) is 51.9 Å². The highest BCUT2D eigenvalue weighted by atomic mass is 17.1. The second-order valence-electron chi connectivity index (χ2n) is 7.82. The Balaban J connectivity index is 2.07. The fourth-order valence-corrected chi connectivity index (χ4v) is 2.67. The van der Waals surface area contributed by atoms with Gasteiger partial charge in [0.1, 0.15) is 17.4 Å². The molecular weight excluding hydrogens is 404 g/mol. The van der Waals surface area contributed by atoms with Gasteiger partial charge in [-0.25, -0.2) is 14.4 Å². The molecule has 0 spiro atoms. The van der Waals surface area contributed by atoms with E-state index in [1.165, 1.54) is 6.07 Å². The van der Waals surface area contributed by atoms with E-state index in [1.807, 2.05) is 30.3 Å². The van der Waals surface area contributed by atoms with Crippen molar-refractivity contribution in [1.29, 1.82) is 0 Å². The maximum atomic E-state index is 12.8. The maximum absolute atomic E-state index is 12.8. The van der Waals surface area contributed by atoms with E-state index in [-0.39, 0.29) is 12.4 Å². The molecule has 0 aliphatic carbocycles. The number of aryl methyl sites for hydroxylation is 1. The molecule has 168 valence electrons. The Morgan fingerprint density at radius 2 is 1.71 bits per heavy atom. The van der Waals surface area contributed by atoms with Crippen LogP contribution in [0.25, 0.3) is 0 Å². The lowest BCUT2D eigenvalue weighted by atomic mass is 10.1. The number of alkyl carbamates (subject to hydrolysis) is 1. The van der Waals surface area contributed by atoms with Crippen LogP contribution in [0.5, 0.6) is 5.75 Å². The van der Waals surface area contributed by atoms with Crippen LogP contribution in [0.15, 0.2) is 54.6 Å². The van der Waals surface area contributed by atoms with Crippen molar-refractivity contribution in [3.8, 4) is 5.75 Å². The van der Waals surface area contributed by atoms with Gasteiger partial charge in [0.25, 0.3) is 0 Å². The molecule has 0 saturated carbocycles. The number of esters is 1. The van der Waals surface area contributed by atoms with Crippen LogP contribution in [0.1, 0.15) is 38.3 Å². The second-order valence-corrected chi connectivity index (χ2v) is 7.82. The first-order valence-electron chi connectivity index (χ1n) is 9.77. The highest BCUT2D eigenvalue weighted by Gasteiger charge is 2.26. The Morgan fingerprint density at radius 1 is 1.03 bits per heavy atom. The summed E-state index contributed by atoms with van der Waals surface area (Å²) < 4.78 is 10.7. The van der Waals surface area contributed by atoms with E-state index in [1.54, 1.807) is 39.0 Å². The fourth-order valence-electron chi connectivity index (χ4n) is 2.67. The molecule has 2 rings (SSSR count). The smallest absolute Gasteiger partial charge is 0.408 e. The molecule has 0 fully saturated rings. The molecule has 1 amide bonds. The Bertz CT molecular complexity index is 850. The van der Waals surface area contributed by atoms with Gasteiger partial charge in [-0.3, -0.25) is 10.4 Å². The minimum absolute atomic E-state index is 0.147. The van der Waals surface area contributed by atoms with Gasteiger partial charge in [0, 0.05) is 0 Å². The first kappa shape index (κ1) is 24.3. The molecule has 0 aliphatic rings. The summed E-state index contributed by atoms with van der Waals surface area (Å²) in [5.74, 6) is -0.421. The molecule has 31 heavy (non-hydrogen) atoms. The first-order valence-corrected chi connectivity index (χ1v) is 9.77. The second kappa shape index (κ2) is 11.4. The summed E-state index contributed by atoms with van der Waals surface area (Å²) in [5.41, 5.74) is 0.849. The van der Waals surface area contributed by atoms with Crippen LogP contribution in [0, 0.1) is 0 Å². The van der Waals surface area contributed by atoms with E-state index < -0.39 is 29.1 Å². The summed E-state index contributed by atoms with van der Waals surface area (Å²) in [5, 5.41) is 19.5. The number of rotatable bonds is 9. The lowest BCUT2D eigenvalue weighted by molar-refractivity contribution is -0.497. The summed E-state index contributed by atoms with van der Waals surface area (Å²) in [6, 6.07) is 15.0. The lowest BCUT2D eigenvalue weighted by Crippen LogP contribution is -2.45. The predicted molar refractivity (Wildman–Crippen MR) is 110 cm³/mol. The van der Waals surface area contributed by atoms with E-state index in [4.69, 9.17) is 19.9 Å². The standard InChI is InChI=1S/C22H28N2O7/c1-22(2,3)31-21(26)23-19(13-12-16-8-5-4-6-9-16)20(25)30-18-11-7-10-17(14-18)15-29-24(27)28/h4-11,14,19,27-28H,12-13,15H2,1-3H3,(H,23,26). The van der Waals surface area contributed by atoms with Gasteiger partial charge in [-0.05, 0) is 56.9 Å². The molecular formula is C22H28N2O7. The molecule has 2 aromatic rings. The number of carbonyl (C=O) groups is 2. The van der Waals surface area contributed by atoms with E-state index in [9.17, 15) is 9.59 Å². The molecule has 1 unspecified atom stereocenters. The van der Waals surface area contributed by atoms with E-state index in [0.717, 1.165) is 5.56 Å². The molecule has 0 aliphatic heterocycles. The first-order chi connectivity index (χ1) is 14.6. The normalized spacial score (nSPS) is 12.3. The third-order valence-electron chi connectivity index (χ3n) is 4.00. The quantitative estimate of drug-likeness (QED) is 0.312. The van der Waals surface area contributed by atoms with Gasteiger partial charge < -0.3 is 14.8 Å². The van der Waals surface area contributed by atoms with E-state index >= 15 is 0 Å². The summed E-state index contributed by atoms with van der Waals surface area (Å²) in [6.07, 6.45) is 0.151. The Morgan fingerprint density at radius 3 is 2.35 bits per heavy atom. The minimum atomic E-state index is -0.930. The molecule has 3 N–H and O–H groups in total. The predicted octanol–water partition coefficient (Wildman–Crippen LogP) is 3.63. The number of amides is 1. The van der Waals surface area contributed by atoms with Gasteiger partial charge in [0.15, 0.2) is 0 Å². The van der Waals surface area contributed by atoms with Gasteiger partial charge in [-0.1, -0.05) is 42.5 Å². The van der Waals surface area contributed by atoms with Gasteiger partial charge in [0.05, 0.1) is 12.0 Å². The van der Waals surface area contributed by atoms with E-state index in [0.29, 0.717) is 18.4 Å². The average molecular weight is 432 g/mol. The third kappa shape index (κ3) is 9.58. The number of carbonyl (C=O) groups excluding carboxylic acids is 2. The van der Waals surface area contributed by atoms with Crippen molar-refractivity contribution in [3.05, 3.63) is 65.7 Å². The fraction of sp³-hybridized carbons (Fsp3) is 0.364. The third-order valence-corrected chi connectivity index (χ3v) is 4.00. The number of nitrogens with one attached hydrogen (secondary N) is 1. The number of hydrogen-bond acceptors (Lipinski definition) is 8. The molecule has 9 nitrogen and oxygen atoms in total. The Kier molecular flexibility index (Phi) is 8.95. The molecule has 0 saturated heterocycles. The van der Waals surface area contributed by atoms with Gasteiger partial charge in [0.2, 0.25) is 0 Å². The zero-order valence-electron chi connectivity index (χ0n) is 17.8. The Labute approximate surface area is 181 Å². The van der Waals surface area contributed by atoms with Crippen molar-refractivity contribution in [2.75, 3.05) is 0 Å². The van der Waals surface area contributed by atoms with Gasteiger partial charge >= 0.3 is 12.1 Å². The molecule has 0 bridgehead atoms. The molecule has 9 heteroatoms. The number of benzene rings is 2. The minimum Gasteiger partial charge on any atom is -0.444 e. The average Bonchev–Trinajstić information content (AvgIpc) is 2.69. The van der Waals surface area contributed by atoms with Crippen molar-refractivity contribution < 1.29 is 34.3 Å². The number of ether oxygens (including phenoxy) is 2. The summed E-state index contributed by atoms with van der Waals surface area (Å²) in [6.45, 7) is 5.05. The van der Waals surface area contributed by atoms with Crippen LogP contribution in [0.2, 0.25) is 0 Å². The molecule has 0 aromatic heterocycles. The zero-order chi connectivity index (χ0) is 22.9. The highest BCUT2D eigenvalue weighted by Crippen LogP contribution is 2.16. The Hall–Kier alpha value is -2.98. The van der Waals surface area contributed by atoms with Crippen LogP contribution < -0.4 is 10.1 Å². The van der Waals surface area contributed by atoms with Gasteiger partial charge in [-0.15, -0.1) is 0 Å². The van der Waals surface area contributed by atoms with Crippen LogP contribution >= 0.6 is 0 Å². The maximum Gasteiger partial charge on any atom is 0.408 e. The molecule has 0 radical (unpaired) electrons. The van der Waals surface area contributed by atoms with Crippen molar-refractivity contribution in [2.24, 2.45) is 0 Å². The number of nitrogens with zero attached hydrogens (tertiary/aromatic N) is 1. The lowest BCUT2D eigenvalue weighted by Gasteiger charge is -2.23. The highest BCUT2D eigenvalue weighted by molar-refractivity contribution is 5.83. The van der Waals surface area contributed by atoms with Crippen molar-refractivity contribution >= 4 is 12.1 Å². The molecule has 2 aromatic carbocycles. The van der Waals surface area contributed by atoms with Crippen LogP contribution in [-0.4, -0.2) is 39.5 Å². The monoisotopic (exact) mass is 432 g/mol. The van der Waals surface area contributed by atoms with E-state index in [2.05, 4.69) is 10.2 Å². The SMILES string of the molecule is CC(C)(C)OC(=O)NC(CCc1ccccc1)C(=O)Oc1cccc(CON(O)O)c1. The summed E-state index contributed by atoms with van der Waals surface area (Å²) in [7, 11) is 0. The van der Waals surface area contributed by atoms with Crippen molar-refractivity contribution in [1.82, 2.24) is 10.7 Å². The molecule has 1 atom stereocenters. The summed E-state index contributed by atoms with van der Waals surface area (Å²) >= 11 is 0. The van der Waals surface area contributed by atoms with Gasteiger partial charge in [-0.2, -0.15) is 0 Å². The topological polar surface area (TPSA) is 118 Å². The molecule has 0 heterocycles. The van der Waals surface area contributed by atoms with Crippen molar-refractivity contribution in [3.63, 3.8) is 0 Å². The van der Waals surface area contributed by atoms with Crippen LogP contribution in [-0.2, 0) is 27.4 Å². The van der Waals surface area contributed by atoms with Crippen LogP contribution in [0.4, 0.5) is 4.79 Å². The van der Waals surface area contributed by atoms with Crippen LogP contribution in [0.3, 0.4) is 0 Å². The zero-order valence-corrected chi connectivity index (χ0v) is 17.8. The summed E-state index contributed by atoms with van der Waals surface area (Å²) in [4.78, 5) is 29.6. The number of hydrogen-bond donors (Lipinski definition) is 3. The largest absolute Gasteiger partial charge is 0.444 e.